The molecule has 0 aliphatic carbocycles. The lowest BCUT2D eigenvalue weighted by Crippen LogP contribution is -2.38. The second-order valence-corrected chi connectivity index (χ2v) is 7.60. The standard InChI is InChI=1S/C21H30N4OS/c1-4-23-21(25-15-16(2)13-19-9-6-12-27-19)24-11-10-17-7-5-8-18(14-17)20(26)22-3/h5-9,12,14,16H,4,10-11,13,15H2,1-3H3,(H,22,26)(H2,23,24,25). The van der Waals surface area contributed by atoms with E-state index in [0.29, 0.717) is 11.5 Å². The Kier molecular flexibility index (Phi) is 8.84. The van der Waals surface area contributed by atoms with Crippen molar-refractivity contribution in [2.75, 3.05) is 26.7 Å². The van der Waals surface area contributed by atoms with Gasteiger partial charge in [-0.25, -0.2) is 0 Å². The highest BCUT2D eigenvalue weighted by Gasteiger charge is 2.06. The summed E-state index contributed by atoms with van der Waals surface area (Å²) in [6, 6.07) is 12.0. The molecule has 1 heterocycles. The molecule has 2 rings (SSSR count). The minimum absolute atomic E-state index is 0.0561. The number of aliphatic imine (C=N–C) groups is 1. The van der Waals surface area contributed by atoms with E-state index in [1.165, 1.54) is 4.88 Å². The molecule has 1 aromatic heterocycles. The van der Waals surface area contributed by atoms with E-state index in [4.69, 9.17) is 4.99 Å². The predicted molar refractivity (Wildman–Crippen MR) is 115 cm³/mol. The van der Waals surface area contributed by atoms with Gasteiger partial charge in [-0.05, 0) is 54.8 Å². The maximum Gasteiger partial charge on any atom is 0.251 e. The second-order valence-electron chi connectivity index (χ2n) is 6.56. The highest BCUT2D eigenvalue weighted by atomic mass is 32.1. The molecular weight excluding hydrogens is 356 g/mol. The molecule has 146 valence electrons. The lowest BCUT2D eigenvalue weighted by Gasteiger charge is -2.13. The largest absolute Gasteiger partial charge is 0.357 e. The Labute approximate surface area is 166 Å². The van der Waals surface area contributed by atoms with Crippen LogP contribution < -0.4 is 16.0 Å². The van der Waals surface area contributed by atoms with Gasteiger partial charge in [-0.2, -0.15) is 0 Å². The number of thiophene rings is 1. The number of benzene rings is 1. The average Bonchev–Trinajstić information content (AvgIpc) is 3.18. The van der Waals surface area contributed by atoms with Crippen LogP contribution in [0.4, 0.5) is 0 Å². The topological polar surface area (TPSA) is 65.5 Å². The van der Waals surface area contributed by atoms with Crippen molar-refractivity contribution < 1.29 is 4.79 Å². The van der Waals surface area contributed by atoms with Crippen LogP contribution in [0, 0.1) is 5.92 Å². The van der Waals surface area contributed by atoms with Crippen molar-refractivity contribution in [1.29, 1.82) is 0 Å². The summed E-state index contributed by atoms with van der Waals surface area (Å²) in [5, 5.41) is 11.5. The summed E-state index contributed by atoms with van der Waals surface area (Å²) in [4.78, 5) is 17.9. The third-order valence-electron chi connectivity index (χ3n) is 4.16. The predicted octanol–water partition coefficient (Wildman–Crippen LogP) is 3.08. The Balaban J connectivity index is 1.83. The Morgan fingerprint density at radius 2 is 2.07 bits per heavy atom. The number of nitrogens with one attached hydrogen (secondary N) is 3. The average molecular weight is 387 g/mol. The van der Waals surface area contributed by atoms with Gasteiger partial charge < -0.3 is 16.0 Å². The number of amides is 1. The molecule has 0 saturated carbocycles. The molecule has 27 heavy (non-hydrogen) atoms. The lowest BCUT2D eigenvalue weighted by molar-refractivity contribution is 0.0963. The fourth-order valence-corrected chi connectivity index (χ4v) is 3.63. The quantitative estimate of drug-likeness (QED) is 0.458. The van der Waals surface area contributed by atoms with Crippen LogP contribution in [-0.4, -0.2) is 38.5 Å². The van der Waals surface area contributed by atoms with Crippen molar-refractivity contribution in [2.45, 2.75) is 26.7 Å². The van der Waals surface area contributed by atoms with Crippen molar-refractivity contribution >= 4 is 23.2 Å². The highest BCUT2D eigenvalue weighted by Crippen LogP contribution is 2.14. The summed E-state index contributed by atoms with van der Waals surface area (Å²) in [6.07, 6.45) is 1.90. The monoisotopic (exact) mass is 386 g/mol. The molecule has 1 atom stereocenters. The van der Waals surface area contributed by atoms with E-state index in [2.05, 4.69) is 47.3 Å². The number of hydrogen-bond acceptors (Lipinski definition) is 3. The summed E-state index contributed by atoms with van der Waals surface area (Å²) < 4.78 is 0. The summed E-state index contributed by atoms with van der Waals surface area (Å²) in [6.45, 7) is 6.69. The molecule has 0 aliphatic rings. The first-order chi connectivity index (χ1) is 13.1. The van der Waals surface area contributed by atoms with Gasteiger partial charge in [0, 0.05) is 37.1 Å². The molecule has 0 fully saturated rings. The van der Waals surface area contributed by atoms with Gasteiger partial charge in [-0.1, -0.05) is 25.1 Å². The molecular formula is C21H30N4OS. The van der Waals surface area contributed by atoms with Crippen LogP contribution >= 0.6 is 11.3 Å². The molecule has 0 radical (unpaired) electrons. The van der Waals surface area contributed by atoms with Gasteiger partial charge in [0.1, 0.15) is 0 Å². The molecule has 2 aromatic rings. The summed E-state index contributed by atoms with van der Waals surface area (Å²) in [7, 11) is 1.65. The number of nitrogens with zero attached hydrogens (tertiary/aromatic N) is 1. The molecule has 3 N–H and O–H groups in total. The highest BCUT2D eigenvalue weighted by molar-refractivity contribution is 7.09. The summed E-state index contributed by atoms with van der Waals surface area (Å²) in [5.41, 5.74) is 1.82. The van der Waals surface area contributed by atoms with E-state index in [1.54, 1.807) is 18.4 Å². The van der Waals surface area contributed by atoms with E-state index >= 15 is 0 Å². The van der Waals surface area contributed by atoms with Crippen molar-refractivity contribution in [3.63, 3.8) is 0 Å². The van der Waals surface area contributed by atoms with Gasteiger partial charge in [-0.3, -0.25) is 9.79 Å². The number of carbonyl (C=O) groups is 1. The minimum atomic E-state index is -0.0561. The third-order valence-corrected chi connectivity index (χ3v) is 5.06. The maximum atomic E-state index is 11.7. The van der Waals surface area contributed by atoms with Crippen LogP contribution in [0.3, 0.4) is 0 Å². The SMILES string of the molecule is CCNC(=NCC(C)Cc1cccs1)NCCc1cccc(C(=O)NC)c1. The molecule has 6 heteroatoms. The molecule has 5 nitrogen and oxygen atoms in total. The van der Waals surface area contributed by atoms with E-state index in [-0.39, 0.29) is 5.91 Å². The molecule has 1 aromatic carbocycles. The third kappa shape index (κ3) is 7.43. The number of hydrogen-bond donors (Lipinski definition) is 3. The van der Waals surface area contributed by atoms with Crippen LogP contribution in [0.1, 0.15) is 34.6 Å². The maximum absolute atomic E-state index is 11.7. The van der Waals surface area contributed by atoms with Crippen LogP contribution in [0.25, 0.3) is 0 Å². The molecule has 0 spiro atoms. The zero-order valence-corrected chi connectivity index (χ0v) is 17.2. The Morgan fingerprint density at radius 3 is 2.78 bits per heavy atom. The first kappa shape index (κ1) is 21.0. The van der Waals surface area contributed by atoms with E-state index in [1.807, 2.05) is 24.3 Å². The zero-order chi connectivity index (χ0) is 19.5. The minimum Gasteiger partial charge on any atom is -0.357 e. The van der Waals surface area contributed by atoms with Crippen molar-refractivity contribution in [3.05, 3.63) is 57.8 Å². The van der Waals surface area contributed by atoms with Crippen molar-refractivity contribution in [3.8, 4) is 0 Å². The second kappa shape index (κ2) is 11.4. The lowest BCUT2D eigenvalue weighted by atomic mass is 10.1. The fraction of sp³-hybridized carbons (Fsp3) is 0.429. The van der Waals surface area contributed by atoms with Crippen LogP contribution in [-0.2, 0) is 12.8 Å². The summed E-state index contributed by atoms with van der Waals surface area (Å²) in [5.74, 6) is 1.29. The summed E-state index contributed by atoms with van der Waals surface area (Å²) >= 11 is 1.80. The number of carbonyl (C=O) groups excluding carboxylic acids is 1. The number of rotatable bonds is 9. The van der Waals surface area contributed by atoms with Crippen LogP contribution in [0.2, 0.25) is 0 Å². The molecule has 1 amide bonds. The van der Waals surface area contributed by atoms with Crippen molar-refractivity contribution in [1.82, 2.24) is 16.0 Å². The van der Waals surface area contributed by atoms with Gasteiger partial charge in [0.15, 0.2) is 5.96 Å². The van der Waals surface area contributed by atoms with E-state index in [9.17, 15) is 4.79 Å². The van der Waals surface area contributed by atoms with Crippen molar-refractivity contribution in [2.24, 2.45) is 10.9 Å². The van der Waals surface area contributed by atoms with Gasteiger partial charge >= 0.3 is 0 Å². The first-order valence-corrected chi connectivity index (χ1v) is 10.4. The zero-order valence-electron chi connectivity index (χ0n) is 16.4. The molecule has 0 saturated heterocycles. The Bertz CT molecular complexity index is 728. The van der Waals surface area contributed by atoms with Gasteiger partial charge in [0.2, 0.25) is 0 Å². The van der Waals surface area contributed by atoms with E-state index in [0.717, 1.165) is 44.0 Å². The number of guanidine groups is 1. The molecule has 1 unspecified atom stereocenters. The molecule has 0 bridgehead atoms. The normalized spacial score (nSPS) is 12.5. The van der Waals surface area contributed by atoms with Gasteiger partial charge in [0.05, 0.1) is 0 Å². The smallest absolute Gasteiger partial charge is 0.251 e. The first-order valence-electron chi connectivity index (χ1n) is 9.48. The van der Waals surface area contributed by atoms with Crippen LogP contribution in [0.15, 0.2) is 46.8 Å². The van der Waals surface area contributed by atoms with Gasteiger partial charge in [-0.15, -0.1) is 11.3 Å². The molecule has 0 aliphatic heterocycles. The van der Waals surface area contributed by atoms with Crippen LogP contribution in [0.5, 0.6) is 0 Å². The van der Waals surface area contributed by atoms with E-state index < -0.39 is 0 Å². The van der Waals surface area contributed by atoms with Gasteiger partial charge in [0.25, 0.3) is 5.91 Å². The Hall–Kier alpha value is -2.34. The fourth-order valence-electron chi connectivity index (χ4n) is 2.76. The Morgan fingerprint density at radius 1 is 1.22 bits per heavy atom.